The molecule has 1 N–H and O–H groups in total. The van der Waals surface area contributed by atoms with E-state index < -0.39 is 0 Å². The first-order valence-corrected chi connectivity index (χ1v) is 6.13. The molecule has 2 aromatic rings. The van der Waals surface area contributed by atoms with Crippen molar-refractivity contribution in [2.75, 3.05) is 0 Å². The van der Waals surface area contributed by atoms with E-state index in [-0.39, 0.29) is 5.91 Å². The Morgan fingerprint density at radius 3 is 2.89 bits per heavy atom. The lowest BCUT2D eigenvalue weighted by molar-refractivity contribution is 0.0950. The molecule has 1 aromatic heterocycles. The van der Waals surface area contributed by atoms with Gasteiger partial charge in [-0.3, -0.25) is 9.48 Å². The molecule has 18 heavy (non-hydrogen) atoms. The molecule has 0 aliphatic carbocycles. The molecule has 0 fully saturated rings. The van der Waals surface area contributed by atoms with Gasteiger partial charge in [0.1, 0.15) is 0 Å². The lowest BCUT2D eigenvalue weighted by Crippen LogP contribution is -2.24. The van der Waals surface area contributed by atoms with Gasteiger partial charge in [-0.05, 0) is 25.1 Å². The number of amides is 1. The summed E-state index contributed by atoms with van der Waals surface area (Å²) in [4.78, 5) is 11.9. The molecule has 0 saturated heterocycles. The van der Waals surface area contributed by atoms with Crippen molar-refractivity contribution < 1.29 is 4.79 Å². The van der Waals surface area contributed by atoms with Crippen molar-refractivity contribution in [1.82, 2.24) is 15.1 Å². The van der Waals surface area contributed by atoms with E-state index in [2.05, 4.69) is 10.4 Å². The molecule has 0 bridgehead atoms. The normalized spacial score (nSPS) is 10.3. The SMILES string of the molecule is CCn1nccc1CNC(=O)c1ccccc1Cl. The summed E-state index contributed by atoms with van der Waals surface area (Å²) in [7, 11) is 0. The maximum atomic E-state index is 11.9. The van der Waals surface area contributed by atoms with Crippen molar-refractivity contribution in [3.8, 4) is 0 Å². The van der Waals surface area contributed by atoms with Crippen LogP contribution in [0.2, 0.25) is 5.02 Å². The second kappa shape index (κ2) is 5.69. The molecule has 94 valence electrons. The predicted molar refractivity (Wildman–Crippen MR) is 70.5 cm³/mol. The number of hydrogen-bond donors (Lipinski definition) is 1. The van der Waals surface area contributed by atoms with Gasteiger partial charge in [-0.1, -0.05) is 23.7 Å². The van der Waals surface area contributed by atoms with Gasteiger partial charge in [0.2, 0.25) is 0 Å². The summed E-state index contributed by atoms with van der Waals surface area (Å²) in [5, 5.41) is 7.43. The van der Waals surface area contributed by atoms with Crippen LogP contribution < -0.4 is 5.32 Å². The van der Waals surface area contributed by atoms with Gasteiger partial charge in [0.05, 0.1) is 22.8 Å². The monoisotopic (exact) mass is 263 g/mol. The fraction of sp³-hybridized carbons (Fsp3) is 0.231. The number of halogens is 1. The van der Waals surface area contributed by atoms with Gasteiger partial charge in [-0.2, -0.15) is 5.10 Å². The van der Waals surface area contributed by atoms with Crippen LogP contribution in [0.4, 0.5) is 0 Å². The van der Waals surface area contributed by atoms with Gasteiger partial charge >= 0.3 is 0 Å². The fourth-order valence-corrected chi connectivity index (χ4v) is 1.93. The Kier molecular flexibility index (Phi) is 3.99. The number of nitrogens with one attached hydrogen (secondary N) is 1. The standard InChI is InChI=1S/C13H14ClN3O/c1-2-17-10(7-8-16-17)9-15-13(18)11-5-3-4-6-12(11)14/h3-8H,2,9H2,1H3,(H,15,18). The smallest absolute Gasteiger partial charge is 0.253 e. The molecule has 4 nitrogen and oxygen atoms in total. The summed E-state index contributed by atoms with van der Waals surface area (Å²) in [5.41, 5.74) is 1.46. The van der Waals surface area contributed by atoms with E-state index >= 15 is 0 Å². The summed E-state index contributed by atoms with van der Waals surface area (Å²) in [6.07, 6.45) is 1.72. The Hall–Kier alpha value is -1.81. The molecular weight excluding hydrogens is 250 g/mol. The summed E-state index contributed by atoms with van der Waals surface area (Å²) in [6.45, 7) is 3.23. The average Bonchev–Trinajstić information content (AvgIpc) is 2.84. The number of aromatic nitrogens is 2. The molecule has 0 aliphatic rings. The van der Waals surface area contributed by atoms with Gasteiger partial charge in [-0.25, -0.2) is 0 Å². The Balaban J connectivity index is 2.03. The summed E-state index contributed by atoms with van der Waals surface area (Å²) in [6, 6.07) is 8.88. The molecule has 0 spiro atoms. The maximum absolute atomic E-state index is 11.9. The molecule has 0 unspecified atom stereocenters. The molecule has 0 saturated carbocycles. The van der Waals surface area contributed by atoms with Crippen LogP contribution in [0.5, 0.6) is 0 Å². The third-order valence-electron chi connectivity index (χ3n) is 2.65. The Morgan fingerprint density at radius 2 is 2.17 bits per heavy atom. The van der Waals surface area contributed by atoms with Crippen molar-refractivity contribution in [2.45, 2.75) is 20.0 Å². The van der Waals surface area contributed by atoms with E-state index in [1.165, 1.54) is 0 Å². The number of aryl methyl sites for hydroxylation is 1. The van der Waals surface area contributed by atoms with E-state index in [1.807, 2.05) is 17.7 Å². The fourth-order valence-electron chi connectivity index (χ4n) is 1.71. The zero-order chi connectivity index (χ0) is 13.0. The number of carbonyl (C=O) groups is 1. The third kappa shape index (κ3) is 2.71. The van der Waals surface area contributed by atoms with E-state index in [9.17, 15) is 4.79 Å². The van der Waals surface area contributed by atoms with Crippen LogP contribution in [-0.2, 0) is 13.1 Å². The summed E-state index contributed by atoms with van der Waals surface area (Å²) in [5.74, 6) is -0.176. The van der Waals surface area contributed by atoms with Crippen molar-refractivity contribution in [1.29, 1.82) is 0 Å². The van der Waals surface area contributed by atoms with E-state index in [0.29, 0.717) is 17.1 Å². The summed E-state index contributed by atoms with van der Waals surface area (Å²) >= 11 is 5.96. The highest BCUT2D eigenvalue weighted by molar-refractivity contribution is 6.33. The van der Waals surface area contributed by atoms with Crippen LogP contribution in [0.3, 0.4) is 0 Å². The van der Waals surface area contributed by atoms with Gasteiger partial charge in [-0.15, -0.1) is 0 Å². The number of carbonyl (C=O) groups excluding carboxylic acids is 1. The Labute approximate surface area is 111 Å². The van der Waals surface area contributed by atoms with Gasteiger partial charge < -0.3 is 5.32 Å². The first-order valence-electron chi connectivity index (χ1n) is 5.75. The van der Waals surface area contributed by atoms with Crippen LogP contribution in [0.25, 0.3) is 0 Å². The predicted octanol–water partition coefficient (Wildman–Crippen LogP) is 2.49. The highest BCUT2D eigenvalue weighted by atomic mass is 35.5. The van der Waals surface area contributed by atoms with Crippen molar-refractivity contribution in [2.24, 2.45) is 0 Å². The third-order valence-corrected chi connectivity index (χ3v) is 2.98. The second-order valence-corrected chi connectivity index (χ2v) is 4.21. The van der Waals surface area contributed by atoms with Crippen molar-refractivity contribution in [3.63, 3.8) is 0 Å². The topological polar surface area (TPSA) is 46.9 Å². The number of hydrogen-bond acceptors (Lipinski definition) is 2. The first-order chi connectivity index (χ1) is 8.72. The molecule has 0 radical (unpaired) electrons. The second-order valence-electron chi connectivity index (χ2n) is 3.80. The number of benzene rings is 1. The molecule has 0 aliphatic heterocycles. The van der Waals surface area contributed by atoms with Gasteiger partial charge in [0.25, 0.3) is 5.91 Å². The zero-order valence-electron chi connectivity index (χ0n) is 10.1. The van der Waals surface area contributed by atoms with Crippen LogP contribution in [0, 0.1) is 0 Å². The van der Waals surface area contributed by atoms with E-state index in [4.69, 9.17) is 11.6 Å². The van der Waals surface area contributed by atoms with Crippen molar-refractivity contribution >= 4 is 17.5 Å². The molecule has 2 rings (SSSR count). The quantitative estimate of drug-likeness (QED) is 0.921. The minimum Gasteiger partial charge on any atom is -0.346 e. The Bertz CT molecular complexity index is 551. The van der Waals surface area contributed by atoms with Crippen LogP contribution in [0.15, 0.2) is 36.5 Å². The highest BCUT2D eigenvalue weighted by Gasteiger charge is 2.09. The van der Waals surface area contributed by atoms with Gasteiger partial charge in [0.15, 0.2) is 0 Å². The molecule has 1 heterocycles. The maximum Gasteiger partial charge on any atom is 0.253 e. The lowest BCUT2D eigenvalue weighted by atomic mass is 10.2. The van der Waals surface area contributed by atoms with Crippen LogP contribution in [-0.4, -0.2) is 15.7 Å². The van der Waals surface area contributed by atoms with E-state index in [1.54, 1.807) is 30.5 Å². The number of rotatable bonds is 4. The molecule has 1 aromatic carbocycles. The molecule has 0 atom stereocenters. The van der Waals surface area contributed by atoms with Gasteiger partial charge in [0, 0.05) is 12.7 Å². The zero-order valence-corrected chi connectivity index (χ0v) is 10.8. The first kappa shape index (κ1) is 12.6. The van der Waals surface area contributed by atoms with E-state index in [0.717, 1.165) is 12.2 Å². The molecular formula is C13H14ClN3O. The number of nitrogens with zero attached hydrogens (tertiary/aromatic N) is 2. The van der Waals surface area contributed by atoms with Crippen LogP contribution in [0.1, 0.15) is 23.0 Å². The lowest BCUT2D eigenvalue weighted by Gasteiger charge is -2.08. The largest absolute Gasteiger partial charge is 0.346 e. The molecule has 5 heteroatoms. The Morgan fingerprint density at radius 1 is 1.39 bits per heavy atom. The minimum atomic E-state index is -0.176. The summed E-state index contributed by atoms with van der Waals surface area (Å²) < 4.78 is 1.84. The van der Waals surface area contributed by atoms with Crippen molar-refractivity contribution in [3.05, 3.63) is 52.8 Å². The average molecular weight is 264 g/mol. The highest BCUT2D eigenvalue weighted by Crippen LogP contribution is 2.14. The van der Waals surface area contributed by atoms with Crippen LogP contribution >= 0.6 is 11.6 Å². The molecule has 1 amide bonds. The minimum absolute atomic E-state index is 0.176.